The van der Waals surface area contributed by atoms with Crippen LogP contribution in [0.25, 0.3) is 0 Å². The fourth-order valence-electron chi connectivity index (χ4n) is 3.91. The van der Waals surface area contributed by atoms with Crippen molar-refractivity contribution in [1.29, 1.82) is 0 Å². The Kier molecular flexibility index (Phi) is 4.85. The van der Waals surface area contributed by atoms with Gasteiger partial charge in [0.05, 0.1) is 0 Å². The Morgan fingerprint density at radius 2 is 1.83 bits per heavy atom. The lowest BCUT2D eigenvalue weighted by Gasteiger charge is -2.28. The minimum atomic E-state index is -5.08. The van der Waals surface area contributed by atoms with E-state index in [1.807, 2.05) is 0 Å². The fourth-order valence-corrected chi connectivity index (χ4v) is 3.91. The Balaban J connectivity index is 0.000000209. The Morgan fingerprint density at radius 1 is 1.12 bits per heavy atom. The van der Waals surface area contributed by atoms with Gasteiger partial charge in [-0.2, -0.15) is 13.2 Å². The average molecular weight is 341 g/mol. The van der Waals surface area contributed by atoms with Crippen LogP contribution in [0.5, 0.6) is 0 Å². The molecule has 1 aliphatic heterocycles. The second-order valence-corrected chi connectivity index (χ2v) is 6.84. The molecule has 132 valence electrons. The summed E-state index contributed by atoms with van der Waals surface area (Å²) in [5, 5.41) is 10.7. The molecule has 3 nitrogen and oxygen atoms in total. The highest BCUT2D eigenvalue weighted by molar-refractivity contribution is 5.73. The van der Waals surface area contributed by atoms with E-state index in [1.165, 1.54) is 45.1 Å². The number of halogens is 3. The Morgan fingerprint density at radius 3 is 2.46 bits per heavy atom. The summed E-state index contributed by atoms with van der Waals surface area (Å²) in [6, 6.07) is 4.87. The molecular weight excluding hydrogens is 319 g/mol. The average Bonchev–Trinajstić information content (AvgIpc) is 3.35. The maximum absolute atomic E-state index is 10.6. The summed E-state index contributed by atoms with van der Waals surface area (Å²) in [6.07, 6.45) is 3.35. The summed E-state index contributed by atoms with van der Waals surface area (Å²) in [5.74, 6) is -0.972. The quantitative estimate of drug-likeness (QED) is 0.808. The van der Waals surface area contributed by atoms with Gasteiger partial charge in [0.25, 0.3) is 0 Å². The summed E-state index contributed by atoms with van der Waals surface area (Å²) in [5.41, 5.74) is 6.86. The van der Waals surface area contributed by atoms with E-state index in [-0.39, 0.29) is 0 Å². The van der Waals surface area contributed by atoms with E-state index in [0.29, 0.717) is 0 Å². The van der Waals surface area contributed by atoms with E-state index in [2.05, 4.69) is 17.4 Å². The Bertz CT molecular complexity index is 623. The molecule has 4 rings (SSSR count). The van der Waals surface area contributed by atoms with Crippen LogP contribution in [0.4, 0.5) is 13.2 Å². The number of rotatable bonds is 1. The second kappa shape index (κ2) is 6.75. The highest BCUT2D eigenvalue weighted by Crippen LogP contribution is 2.47. The van der Waals surface area contributed by atoms with Gasteiger partial charge in [-0.15, -0.1) is 0 Å². The van der Waals surface area contributed by atoms with Gasteiger partial charge in [0, 0.05) is 6.54 Å². The van der Waals surface area contributed by atoms with E-state index < -0.39 is 12.1 Å². The van der Waals surface area contributed by atoms with Crippen molar-refractivity contribution in [1.82, 2.24) is 5.32 Å². The second-order valence-electron chi connectivity index (χ2n) is 6.84. The lowest BCUT2D eigenvalue weighted by Crippen LogP contribution is -2.21. The van der Waals surface area contributed by atoms with Gasteiger partial charge in [0.1, 0.15) is 0 Å². The third kappa shape index (κ3) is 3.74. The molecule has 1 unspecified atom stereocenters. The van der Waals surface area contributed by atoms with Crippen molar-refractivity contribution >= 4 is 5.97 Å². The first-order chi connectivity index (χ1) is 11.4. The highest BCUT2D eigenvalue weighted by atomic mass is 19.4. The van der Waals surface area contributed by atoms with Crippen LogP contribution >= 0.6 is 0 Å². The van der Waals surface area contributed by atoms with Gasteiger partial charge in [0.2, 0.25) is 0 Å². The monoisotopic (exact) mass is 341 g/mol. The molecule has 1 aromatic rings. The maximum atomic E-state index is 10.6. The SMILES string of the molecule is O=C(O)C(F)(F)F.c1cc(C2CC2)c2c3c1CNCCC3CCC2. The van der Waals surface area contributed by atoms with Gasteiger partial charge in [-0.1, -0.05) is 12.1 Å². The maximum Gasteiger partial charge on any atom is 0.490 e. The van der Waals surface area contributed by atoms with Gasteiger partial charge >= 0.3 is 12.1 Å². The summed E-state index contributed by atoms with van der Waals surface area (Å²) < 4.78 is 31.7. The lowest BCUT2D eigenvalue weighted by molar-refractivity contribution is -0.192. The molecular formula is C18H22F3NO2. The number of alkyl halides is 3. The Hall–Kier alpha value is -1.56. The molecule has 0 bridgehead atoms. The smallest absolute Gasteiger partial charge is 0.475 e. The third-order valence-electron chi connectivity index (χ3n) is 5.12. The van der Waals surface area contributed by atoms with Crippen LogP contribution in [0.1, 0.15) is 66.2 Å². The van der Waals surface area contributed by atoms with Crippen LogP contribution in [0.3, 0.4) is 0 Å². The normalized spacial score (nSPS) is 22.7. The van der Waals surface area contributed by atoms with E-state index >= 15 is 0 Å². The summed E-state index contributed by atoms with van der Waals surface area (Å²) >= 11 is 0. The van der Waals surface area contributed by atoms with Crippen LogP contribution in [-0.2, 0) is 17.8 Å². The van der Waals surface area contributed by atoms with Crippen molar-refractivity contribution in [3.63, 3.8) is 0 Å². The molecule has 2 aliphatic carbocycles. The van der Waals surface area contributed by atoms with Crippen molar-refractivity contribution in [3.8, 4) is 0 Å². The number of hydrogen-bond acceptors (Lipinski definition) is 2. The van der Waals surface area contributed by atoms with Crippen LogP contribution in [0.2, 0.25) is 0 Å². The van der Waals surface area contributed by atoms with Gasteiger partial charge < -0.3 is 10.4 Å². The third-order valence-corrected chi connectivity index (χ3v) is 5.12. The molecule has 24 heavy (non-hydrogen) atoms. The minimum Gasteiger partial charge on any atom is -0.475 e. The van der Waals surface area contributed by atoms with Gasteiger partial charge in [0.15, 0.2) is 0 Å². The molecule has 0 amide bonds. The Labute approximate surface area is 139 Å². The molecule has 1 saturated carbocycles. The molecule has 2 N–H and O–H groups in total. The predicted octanol–water partition coefficient (Wildman–Crippen LogP) is 4.11. The zero-order valence-corrected chi connectivity index (χ0v) is 13.5. The van der Waals surface area contributed by atoms with Gasteiger partial charge in [-0.05, 0) is 79.2 Å². The molecule has 0 saturated heterocycles. The van der Waals surface area contributed by atoms with Gasteiger partial charge in [-0.3, -0.25) is 0 Å². The number of carboxylic acid groups (broad SMARTS) is 1. The van der Waals surface area contributed by atoms with Crippen molar-refractivity contribution < 1.29 is 23.1 Å². The van der Waals surface area contributed by atoms with E-state index in [4.69, 9.17) is 9.90 Å². The molecule has 0 radical (unpaired) electrons. The van der Waals surface area contributed by atoms with Crippen LogP contribution in [-0.4, -0.2) is 23.8 Å². The molecule has 1 fully saturated rings. The summed E-state index contributed by atoms with van der Waals surface area (Å²) in [4.78, 5) is 8.90. The largest absolute Gasteiger partial charge is 0.490 e. The molecule has 3 aliphatic rings. The lowest BCUT2D eigenvalue weighted by atomic mass is 9.76. The number of carbonyl (C=O) groups is 1. The first kappa shape index (κ1) is 17.3. The zero-order valence-electron chi connectivity index (χ0n) is 13.5. The van der Waals surface area contributed by atoms with Crippen LogP contribution < -0.4 is 5.32 Å². The fraction of sp³-hybridized carbons (Fsp3) is 0.611. The molecule has 1 aromatic carbocycles. The topological polar surface area (TPSA) is 49.3 Å². The van der Waals surface area contributed by atoms with Crippen molar-refractivity contribution in [2.45, 2.75) is 63.1 Å². The number of aliphatic carboxylic acids is 1. The minimum absolute atomic E-state index is 0.863. The van der Waals surface area contributed by atoms with Crippen molar-refractivity contribution in [2.75, 3.05) is 6.54 Å². The standard InChI is InChI=1S/C16H21N.C2HF3O2/c1-2-12-8-9-17-10-13-6-7-14(11-4-5-11)15(3-1)16(12)13;3-2(4,5)1(6)7/h6-7,11-12,17H,1-5,8-10H2;(H,6,7). The summed E-state index contributed by atoms with van der Waals surface area (Å²) in [6.45, 7) is 2.31. The molecule has 1 heterocycles. The van der Waals surface area contributed by atoms with Crippen molar-refractivity contribution in [3.05, 3.63) is 34.4 Å². The van der Waals surface area contributed by atoms with Crippen LogP contribution in [0.15, 0.2) is 12.1 Å². The first-order valence-electron chi connectivity index (χ1n) is 8.53. The van der Waals surface area contributed by atoms with Gasteiger partial charge in [-0.25, -0.2) is 4.79 Å². The van der Waals surface area contributed by atoms with E-state index in [9.17, 15) is 13.2 Å². The zero-order chi connectivity index (χ0) is 17.3. The van der Waals surface area contributed by atoms with E-state index in [1.54, 1.807) is 22.3 Å². The van der Waals surface area contributed by atoms with Crippen LogP contribution in [0, 0.1) is 0 Å². The highest BCUT2D eigenvalue weighted by Gasteiger charge is 2.38. The first-order valence-corrected chi connectivity index (χ1v) is 8.53. The molecule has 1 atom stereocenters. The molecule has 0 aromatic heterocycles. The number of benzene rings is 1. The number of carboxylic acids is 1. The molecule has 6 heteroatoms. The van der Waals surface area contributed by atoms with Crippen molar-refractivity contribution in [2.24, 2.45) is 0 Å². The summed E-state index contributed by atoms with van der Waals surface area (Å²) in [7, 11) is 0. The predicted molar refractivity (Wildman–Crippen MR) is 84.1 cm³/mol. The number of nitrogens with one attached hydrogen (secondary N) is 1. The van der Waals surface area contributed by atoms with E-state index in [0.717, 1.165) is 18.4 Å². The molecule has 0 spiro atoms. The number of hydrogen-bond donors (Lipinski definition) is 2.